The quantitative estimate of drug-likeness (QED) is 0.506. The van der Waals surface area contributed by atoms with E-state index in [-0.39, 0.29) is 12.1 Å². The number of rotatable bonds is 9. The average molecular weight is 306 g/mol. The lowest BCUT2D eigenvalue weighted by Gasteiger charge is -2.11. The normalized spacial score (nSPS) is 11.0. The highest BCUT2D eigenvalue weighted by molar-refractivity contribution is 5.87. The molecule has 0 fully saturated rings. The van der Waals surface area contributed by atoms with Gasteiger partial charge in [0.1, 0.15) is 11.5 Å². The molecular weight excluding hydrogens is 280 g/mol. The van der Waals surface area contributed by atoms with Crippen LogP contribution in [0, 0.1) is 0 Å². The van der Waals surface area contributed by atoms with Gasteiger partial charge in [0.15, 0.2) is 0 Å². The van der Waals surface area contributed by atoms with Gasteiger partial charge in [-0.25, -0.2) is 4.79 Å². The maximum Gasteiger partial charge on any atom is 0.331 e. The molecule has 4 heteroatoms. The van der Waals surface area contributed by atoms with E-state index in [2.05, 4.69) is 6.92 Å². The molecule has 0 amide bonds. The van der Waals surface area contributed by atoms with Crippen molar-refractivity contribution < 1.29 is 19.0 Å². The zero-order valence-electron chi connectivity index (χ0n) is 13.9. The summed E-state index contributed by atoms with van der Waals surface area (Å²) in [5.74, 6) is 1.13. The Morgan fingerprint density at radius 3 is 2.45 bits per heavy atom. The van der Waals surface area contributed by atoms with Gasteiger partial charge in [-0.05, 0) is 44.9 Å². The molecule has 22 heavy (non-hydrogen) atoms. The Morgan fingerprint density at radius 2 is 1.82 bits per heavy atom. The zero-order chi connectivity index (χ0) is 16.4. The molecule has 0 saturated carbocycles. The summed E-state index contributed by atoms with van der Waals surface area (Å²) >= 11 is 0. The van der Waals surface area contributed by atoms with Gasteiger partial charge in [0.05, 0.1) is 19.3 Å². The smallest absolute Gasteiger partial charge is 0.331 e. The van der Waals surface area contributed by atoms with Crippen LogP contribution < -0.4 is 9.47 Å². The first-order valence-electron chi connectivity index (χ1n) is 7.85. The average Bonchev–Trinajstić information content (AvgIpc) is 2.48. The predicted molar refractivity (Wildman–Crippen MR) is 88.3 cm³/mol. The SMILES string of the molecule is CCCOc1ccc(C=CC(=O)OC(C)C)c(OCCC)c1. The molecule has 0 spiro atoms. The maximum atomic E-state index is 11.6. The van der Waals surface area contributed by atoms with Crippen molar-refractivity contribution in [2.45, 2.75) is 46.6 Å². The van der Waals surface area contributed by atoms with Crippen molar-refractivity contribution in [1.82, 2.24) is 0 Å². The summed E-state index contributed by atoms with van der Waals surface area (Å²) in [6.07, 6.45) is 4.87. The van der Waals surface area contributed by atoms with Crippen LogP contribution in [0.5, 0.6) is 11.5 Å². The number of ether oxygens (including phenoxy) is 3. The highest BCUT2D eigenvalue weighted by Gasteiger charge is 2.06. The summed E-state index contributed by atoms with van der Waals surface area (Å²) in [6.45, 7) is 9.04. The molecule has 1 aromatic rings. The number of carbonyl (C=O) groups is 1. The molecule has 0 heterocycles. The molecule has 1 aromatic carbocycles. The van der Waals surface area contributed by atoms with E-state index in [9.17, 15) is 4.79 Å². The molecule has 122 valence electrons. The van der Waals surface area contributed by atoms with Crippen LogP contribution in [0.15, 0.2) is 24.3 Å². The van der Waals surface area contributed by atoms with E-state index < -0.39 is 0 Å². The predicted octanol–water partition coefficient (Wildman–Crippen LogP) is 4.23. The van der Waals surface area contributed by atoms with E-state index in [0.717, 1.165) is 24.2 Å². The monoisotopic (exact) mass is 306 g/mol. The van der Waals surface area contributed by atoms with Crippen LogP contribution in [-0.2, 0) is 9.53 Å². The van der Waals surface area contributed by atoms with E-state index in [0.29, 0.717) is 19.0 Å². The lowest BCUT2D eigenvalue weighted by atomic mass is 10.1. The largest absolute Gasteiger partial charge is 0.493 e. The van der Waals surface area contributed by atoms with Crippen LogP contribution in [0.1, 0.15) is 46.1 Å². The van der Waals surface area contributed by atoms with Crippen molar-refractivity contribution >= 4 is 12.0 Å². The number of hydrogen-bond acceptors (Lipinski definition) is 4. The van der Waals surface area contributed by atoms with Crippen molar-refractivity contribution in [1.29, 1.82) is 0 Å². The summed E-state index contributed by atoms with van der Waals surface area (Å²) in [5, 5.41) is 0. The standard InChI is InChI=1S/C18H26O4/c1-5-11-20-16-9-7-15(17(13-16)21-12-6-2)8-10-18(19)22-14(3)4/h7-10,13-14H,5-6,11-12H2,1-4H3. The highest BCUT2D eigenvalue weighted by Crippen LogP contribution is 2.26. The Bertz CT molecular complexity index is 492. The number of hydrogen-bond donors (Lipinski definition) is 0. The molecule has 0 saturated heterocycles. The molecule has 0 aliphatic carbocycles. The van der Waals surface area contributed by atoms with Gasteiger partial charge < -0.3 is 14.2 Å². The van der Waals surface area contributed by atoms with E-state index in [1.165, 1.54) is 6.08 Å². The minimum Gasteiger partial charge on any atom is -0.493 e. The minimum absolute atomic E-state index is 0.127. The van der Waals surface area contributed by atoms with Crippen LogP contribution in [0.4, 0.5) is 0 Å². The molecule has 0 atom stereocenters. The van der Waals surface area contributed by atoms with E-state index in [1.807, 2.05) is 39.0 Å². The molecule has 0 radical (unpaired) electrons. The molecule has 0 aliphatic rings. The lowest BCUT2D eigenvalue weighted by molar-refractivity contribution is -0.141. The van der Waals surface area contributed by atoms with E-state index in [1.54, 1.807) is 6.08 Å². The maximum absolute atomic E-state index is 11.6. The second-order valence-electron chi connectivity index (χ2n) is 5.22. The molecule has 0 unspecified atom stereocenters. The molecule has 0 aliphatic heterocycles. The van der Waals surface area contributed by atoms with Crippen molar-refractivity contribution in [3.8, 4) is 11.5 Å². The lowest BCUT2D eigenvalue weighted by Crippen LogP contribution is -2.08. The topological polar surface area (TPSA) is 44.8 Å². The van der Waals surface area contributed by atoms with Crippen LogP contribution in [0.25, 0.3) is 6.08 Å². The first-order chi connectivity index (χ1) is 10.6. The first-order valence-corrected chi connectivity index (χ1v) is 7.85. The van der Waals surface area contributed by atoms with Crippen molar-refractivity contribution in [3.63, 3.8) is 0 Å². The van der Waals surface area contributed by atoms with Crippen LogP contribution >= 0.6 is 0 Å². The molecule has 0 aromatic heterocycles. The first kappa shape index (κ1) is 18.1. The van der Waals surface area contributed by atoms with Gasteiger partial charge in [-0.3, -0.25) is 0 Å². The summed E-state index contributed by atoms with van der Waals surface area (Å²) < 4.78 is 16.4. The summed E-state index contributed by atoms with van der Waals surface area (Å²) in [5.41, 5.74) is 0.831. The molecule has 0 N–H and O–H groups in total. The molecule has 0 bridgehead atoms. The fraction of sp³-hybridized carbons (Fsp3) is 0.500. The van der Waals surface area contributed by atoms with Crippen molar-refractivity contribution in [2.75, 3.05) is 13.2 Å². The van der Waals surface area contributed by atoms with Gasteiger partial charge in [-0.2, -0.15) is 0 Å². The summed E-state index contributed by atoms with van der Waals surface area (Å²) in [7, 11) is 0. The number of carbonyl (C=O) groups excluding carboxylic acids is 1. The Labute approximate surface area is 133 Å². The number of benzene rings is 1. The third-order valence-electron chi connectivity index (χ3n) is 2.67. The second-order valence-corrected chi connectivity index (χ2v) is 5.22. The van der Waals surface area contributed by atoms with Gasteiger partial charge in [-0.15, -0.1) is 0 Å². The van der Waals surface area contributed by atoms with Gasteiger partial charge >= 0.3 is 5.97 Å². The Hall–Kier alpha value is -1.97. The third kappa shape index (κ3) is 6.66. The highest BCUT2D eigenvalue weighted by atomic mass is 16.5. The van der Waals surface area contributed by atoms with Gasteiger partial charge in [0.2, 0.25) is 0 Å². The fourth-order valence-electron chi connectivity index (χ4n) is 1.73. The summed E-state index contributed by atoms with van der Waals surface area (Å²) in [6, 6.07) is 5.62. The number of esters is 1. The Morgan fingerprint density at radius 1 is 1.14 bits per heavy atom. The molecular formula is C18H26O4. The third-order valence-corrected chi connectivity index (χ3v) is 2.67. The van der Waals surface area contributed by atoms with Gasteiger partial charge in [0, 0.05) is 17.7 Å². The second kappa shape index (κ2) is 9.87. The zero-order valence-corrected chi connectivity index (χ0v) is 13.9. The van der Waals surface area contributed by atoms with Crippen LogP contribution in [-0.4, -0.2) is 25.3 Å². The summed E-state index contributed by atoms with van der Waals surface area (Å²) in [4.78, 5) is 11.6. The molecule has 4 nitrogen and oxygen atoms in total. The van der Waals surface area contributed by atoms with E-state index >= 15 is 0 Å². The molecule has 1 rings (SSSR count). The van der Waals surface area contributed by atoms with Gasteiger partial charge in [0.25, 0.3) is 0 Å². The Balaban J connectivity index is 2.86. The van der Waals surface area contributed by atoms with Crippen LogP contribution in [0.3, 0.4) is 0 Å². The Kier molecular flexibility index (Phi) is 8.11. The van der Waals surface area contributed by atoms with E-state index in [4.69, 9.17) is 14.2 Å². The van der Waals surface area contributed by atoms with Crippen LogP contribution in [0.2, 0.25) is 0 Å². The van der Waals surface area contributed by atoms with Gasteiger partial charge in [-0.1, -0.05) is 13.8 Å². The van der Waals surface area contributed by atoms with Crippen molar-refractivity contribution in [2.24, 2.45) is 0 Å². The van der Waals surface area contributed by atoms with Crippen molar-refractivity contribution in [3.05, 3.63) is 29.8 Å². The fourth-order valence-corrected chi connectivity index (χ4v) is 1.73. The minimum atomic E-state index is -0.359.